The predicted octanol–water partition coefficient (Wildman–Crippen LogP) is 3.36. The van der Waals surface area contributed by atoms with Gasteiger partial charge in [-0.25, -0.2) is 0 Å². The van der Waals surface area contributed by atoms with Gasteiger partial charge in [-0.05, 0) is 49.0 Å². The molecule has 2 atom stereocenters. The van der Waals surface area contributed by atoms with Crippen molar-refractivity contribution in [1.29, 1.82) is 0 Å². The highest BCUT2D eigenvalue weighted by atomic mass is 14.9. The molecule has 102 valence electrons. The third-order valence-corrected chi connectivity index (χ3v) is 3.91. The van der Waals surface area contributed by atoms with Crippen LogP contribution in [0.15, 0.2) is 18.2 Å². The summed E-state index contributed by atoms with van der Waals surface area (Å²) in [5.74, 6) is 1.07. The summed E-state index contributed by atoms with van der Waals surface area (Å²) in [6, 6.07) is 7.18. The molecule has 0 amide bonds. The molecule has 0 spiro atoms. The summed E-state index contributed by atoms with van der Waals surface area (Å²) in [7, 11) is 2.03. The van der Waals surface area contributed by atoms with Gasteiger partial charge in [0.15, 0.2) is 0 Å². The molecule has 0 aliphatic heterocycles. The van der Waals surface area contributed by atoms with E-state index < -0.39 is 0 Å². The standard InChI is InChI=1S/C16H28N2/c1-6-13(10-17)16(18-5)15-9-14(11(2)3)8-7-12(15)4/h7-9,11,13,16,18H,6,10,17H2,1-5H3. The molecule has 0 bridgehead atoms. The number of benzene rings is 1. The van der Waals surface area contributed by atoms with Crippen LogP contribution in [0.2, 0.25) is 0 Å². The highest BCUT2D eigenvalue weighted by Gasteiger charge is 2.21. The average Bonchev–Trinajstić information content (AvgIpc) is 2.36. The van der Waals surface area contributed by atoms with Crippen molar-refractivity contribution >= 4 is 0 Å². The number of nitrogens with two attached hydrogens (primary N) is 1. The van der Waals surface area contributed by atoms with E-state index in [1.807, 2.05) is 7.05 Å². The van der Waals surface area contributed by atoms with Crippen LogP contribution >= 0.6 is 0 Å². The van der Waals surface area contributed by atoms with Gasteiger partial charge in [-0.3, -0.25) is 0 Å². The minimum Gasteiger partial charge on any atom is -0.330 e. The molecule has 0 aliphatic carbocycles. The fourth-order valence-corrected chi connectivity index (χ4v) is 2.54. The smallest absolute Gasteiger partial charge is 0.0360 e. The van der Waals surface area contributed by atoms with E-state index in [0.29, 0.717) is 17.9 Å². The Kier molecular flexibility index (Phi) is 5.83. The summed E-state index contributed by atoms with van der Waals surface area (Å²) < 4.78 is 0. The maximum Gasteiger partial charge on any atom is 0.0360 e. The fraction of sp³-hybridized carbons (Fsp3) is 0.625. The zero-order valence-corrected chi connectivity index (χ0v) is 12.5. The van der Waals surface area contributed by atoms with E-state index in [1.165, 1.54) is 16.7 Å². The van der Waals surface area contributed by atoms with Crippen molar-refractivity contribution in [3.63, 3.8) is 0 Å². The molecule has 0 saturated carbocycles. The molecular formula is C16H28N2. The minimum atomic E-state index is 0.360. The molecule has 1 aromatic carbocycles. The van der Waals surface area contributed by atoms with Crippen molar-refractivity contribution in [2.75, 3.05) is 13.6 Å². The van der Waals surface area contributed by atoms with Gasteiger partial charge in [-0.15, -0.1) is 0 Å². The normalized spacial score (nSPS) is 14.8. The van der Waals surface area contributed by atoms with Gasteiger partial charge in [0.2, 0.25) is 0 Å². The van der Waals surface area contributed by atoms with E-state index in [-0.39, 0.29) is 0 Å². The molecule has 1 aromatic rings. The number of hydrogen-bond donors (Lipinski definition) is 2. The highest BCUT2D eigenvalue weighted by Crippen LogP contribution is 2.29. The van der Waals surface area contributed by atoms with Crippen LogP contribution in [0.25, 0.3) is 0 Å². The summed E-state index contributed by atoms with van der Waals surface area (Å²) in [6.45, 7) is 9.61. The van der Waals surface area contributed by atoms with Gasteiger partial charge >= 0.3 is 0 Å². The second kappa shape index (κ2) is 6.91. The molecule has 2 nitrogen and oxygen atoms in total. The minimum absolute atomic E-state index is 0.360. The lowest BCUT2D eigenvalue weighted by molar-refractivity contribution is 0.377. The molecule has 3 N–H and O–H groups in total. The maximum absolute atomic E-state index is 5.91. The van der Waals surface area contributed by atoms with Crippen LogP contribution in [-0.4, -0.2) is 13.6 Å². The fourth-order valence-electron chi connectivity index (χ4n) is 2.54. The van der Waals surface area contributed by atoms with Crippen LogP contribution in [0.4, 0.5) is 0 Å². The van der Waals surface area contributed by atoms with Crippen LogP contribution in [0.1, 0.15) is 55.8 Å². The Morgan fingerprint density at radius 3 is 2.39 bits per heavy atom. The van der Waals surface area contributed by atoms with Gasteiger partial charge in [0.05, 0.1) is 0 Å². The molecule has 18 heavy (non-hydrogen) atoms. The zero-order valence-electron chi connectivity index (χ0n) is 12.5. The van der Waals surface area contributed by atoms with Crippen molar-refractivity contribution in [3.05, 3.63) is 34.9 Å². The Morgan fingerprint density at radius 1 is 1.28 bits per heavy atom. The van der Waals surface area contributed by atoms with Crippen molar-refractivity contribution in [2.45, 2.75) is 46.1 Å². The Hall–Kier alpha value is -0.860. The molecule has 1 rings (SSSR count). The van der Waals surface area contributed by atoms with Crippen molar-refractivity contribution in [3.8, 4) is 0 Å². The largest absolute Gasteiger partial charge is 0.330 e. The van der Waals surface area contributed by atoms with Crippen LogP contribution in [0.3, 0.4) is 0 Å². The Bertz CT molecular complexity index is 367. The third kappa shape index (κ3) is 3.33. The topological polar surface area (TPSA) is 38.0 Å². The first kappa shape index (κ1) is 15.2. The molecule has 0 radical (unpaired) electrons. The number of hydrogen-bond acceptors (Lipinski definition) is 2. The zero-order chi connectivity index (χ0) is 13.7. The first-order valence-electron chi connectivity index (χ1n) is 7.02. The van der Waals surface area contributed by atoms with E-state index in [0.717, 1.165) is 13.0 Å². The molecule has 0 fully saturated rings. The Labute approximate surface area is 112 Å². The molecule has 0 heterocycles. The summed E-state index contributed by atoms with van der Waals surface area (Å²) in [5, 5.41) is 3.45. The first-order chi connectivity index (χ1) is 8.54. The average molecular weight is 248 g/mol. The lowest BCUT2D eigenvalue weighted by atomic mass is 9.86. The van der Waals surface area contributed by atoms with Crippen LogP contribution in [-0.2, 0) is 0 Å². The summed E-state index contributed by atoms with van der Waals surface area (Å²) in [5.41, 5.74) is 10.1. The van der Waals surface area contributed by atoms with Gasteiger partial charge in [-0.2, -0.15) is 0 Å². The third-order valence-electron chi connectivity index (χ3n) is 3.91. The SMILES string of the molecule is CCC(CN)C(NC)c1cc(C(C)C)ccc1C. The van der Waals surface area contributed by atoms with Crippen LogP contribution in [0, 0.1) is 12.8 Å². The number of nitrogens with one attached hydrogen (secondary N) is 1. The van der Waals surface area contributed by atoms with Gasteiger partial charge in [0.1, 0.15) is 0 Å². The van der Waals surface area contributed by atoms with Gasteiger partial charge in [0.25, 0.3) is 0 Å². The van der Waals surface area contributed by atoms with Gasteiger partial charge in [-0.1, -0.05) is 45.4 Å². The number of rotatable bonds is 6. The van der Waals surface area contributed by atoms with Crippen LogP contribution in [0.5, 0.6) is 0 Å². The van der Waals surface area contributed by atoms with Crippen molar-refractivity contribution in [2.24, 2.45) is 11.7 Å². The van der Waals surface area contributed by atoms with E-state index in [4.69, 9.17) is 5.73 Å². The van der Waals surface area contributed by atoms with Gasteiger partial charge < -0.3 is 11.1 Å². The van der Waals surface area contributed by atoms with E-state index in [9.17, 15) is 0 Å². The second-order valence-corrected chi connectivity index (χ2v) is 5.44. The predicted molar refractivity (Wildman–Crippen MR) is 79.9 cm³/mol. The Morgan fingerprint density at radius 2 is 1.94 bits per heavy atom. The molecular weight excluding hydrogens is 220 g/mol. The van der Waals surface area contributed by atoms with Crippen molar-refractivity contribution < 1.29 is 0 Å². The molecule has 2 unspecified atom stereocenters. The summed E-state index contributed by atoms with van der Waals surface area (Å²) in [6.07, 6.45) is 1.10. The molecule has 2 heteroatoms. The lowest BCUT2D eigenvalue weighted by Gasteiger charge is -2.27. The lowest BCUT2D eigenvalue weighted by Crippen LogP contribution is -2.30. The quantitative estimate of drug-likeness (QED) is 0.810. The van der Waals surface area contributed by atoms with E-state index in [2.05, 4.69) is 51.2 Å². The van der Waals surface area contributed by atoms with Gasteiger partial charge in [0, 0.05) is 6.04 Å². The Balaban J connectivity index is 3.15. The first-order valence-corrected chi connectivity index (χ1v) is 7.02. The maximum atomic E-state index is 5.91. The molecule has 0 aromatic heterocycles. The van der Waals surface area contributed by atoms with E-state index in [1.54, 1.807) is 0 Å². The second-order valence-electron chi connectivity index (χ2n) is 5.44. The summed E-state index contributed by atoms with van der Waals surface area (Å²) in [4.78, 5) is 0. The highest BCUT2D eigenvalue weighted by molar-refractivity contribution is 5.35. The van der Waals surface area contributed by atoms with Crippen molar-refractivity contribution in [1.82, 2.24) is 5.32 Å². The van der Waals surface area contributed by atoms with Crippen LogP contribution < -0.4 is 11.1 Å². The molecule has 0 aliphatic rings. The van der Waals surface area contributed by atoms with E-state index >= 15 is 0 Å². The monoisotopic (exact) mass is 248 g/mol. The number of aryl methyl sites for hydroxylation is 1. The molecule has 0 saturated heterocycles. The summed E-state index contributed by atoms with van der Waals surface area (Å²) >= 11 is 0.